The predicted octanol–water partition coefficient (Wildman–Crippen LogP) is 2.04. The number of rotatable bonds is 4. The zero-order chi connectivity index (χ0) is 15.5. The van der Waals surface area contributed by atoms with Gasteiger partial charge in [-0.3, -0.25) is 0 Å². The van der Waals surface area contributed by atoms with E-state index in [9.17, 15) is 13.5 Å². The molecule has 0 aliphatic heterocycles. The fraction of sp³-hybridized carbons (Fsp3) is 0.500. The van der Waals surface area contributed by atoms with Gasteiger partial charge in [-0.25, -0.2) is 13.1 Å². The second-order valence-corrected chi connectivity index (χ2v) is 7.30. The molecule has 0 radical (unpaired) electrons. The third-order valence-electron chi connectivity index (χ3n) is 3.80. The van der Waals surface area contributed by atoms with Crippen molar-refractivity contribution >= 4 is 21.6 Å². The van der Waals surface area contributed by atoms with Crippen LogP contribution in [0.15, 0.2) is 23.1 Å². The number of benzene rings is 1. The molecule has 7 heteroatoms. The van der Waals surface area contributed by atoms with Gasteiger partial charge >= 0.3 is 0 Å². The van der Waals surface area contributed by atoms with Crippen molar-refractivity contribution in [3.63, 3.8) is 0 Å². The number of hydrogen-bond acceptors (Lipinski definition) is 4. The van der Waals surface area contributed by atoms with E-state index in [1.807, 2.05) is 6.07 Å². The quantitative estimate of drug-likeness (QED) is 0.885. The maximum absolute atomic E-state index is 12.4. The van der Waals surface area contributed by atoms with Crippen molar-refractivity contribution in [1.82, 2.24) is 4.72 Å². The molecule has 2 N–H and O–H groups in total. The molecule has 21 heavy (non-hydrogen) atoms. The van der Waals surface area contributed by atoms with Gasteiger partial charge in [-0.05, 0) is 37.0 Å². The minimum atomic E-state index is -3.76. The second-order valence-electron chi connectivity index (χ2n) is 5.21. The zero-order valence-corrected chi connectivity index (χ0v) is 13.0. The lowest BCUT2D eigenvalue weighted by Gasteiger charge is -2.30. The molecule has 1 aromatic rings. The van der Waals surface area contributed by atoms with Crippen LogP contribution in [-0.4, -0.2) is 26.2 Å². The highest BCUT2D eigenvalue weighted by atomic mass is 35.5. The van der Waals surface area contributed by atoms with Crippen LogP contribution in [0.25, 0.3) is 0 Å². The first kappa shape index (κ1) is 16.2. The smallest absolute Gasteiger partial charge is 0.242 e. The first-order chi connectivity index (χ1) is 9.97. The summed E-state index contributed by atoms with van der Waals surface area (Å²) >= 11 is 5.96. The topological polar surface area (TPSA) is 90.2 Å². The normalized spacial score (nSPS) is 22.7. The Bertz CT molecular complexity index is 655. The average molecular weight is 329 g/mol. The van der Waals surface area contributed by atoms with Gasteiger partial charge in [-0.15, -0.1) is 0 Å². The van der Waals surface area contributed by atoms with Crippen molar-refractivity contribution < 1.29 is 13.5 Å². The highest BCUT2D eigenvalue weighted by molar-refractivity contribution is 7.89. The number of halogens is 1. The molecule has 2 atom stereocenters. The molecule has 1 fully saturated rings. The number of nitrogens with one attached hydrogen (secondary N) is 1. The molecule has 0 bridgehead atoms. The summed E-state index contributed by atoms with van der Waals surface area (Å²) < 4.78 is 27.5. The molecule has 5 nitrogen and oxygen atoms in total. The Labute approximate surface area is 129 Å². The van der Waals surface area contributed by atoms with Crippen molar-refractivity contribution in [1.29, 1.82) is 5.26 Å². The Morgan fingerprint density at radius 2 is 2.10 bits per heavy atom. The van der Waals surface area contributed by atoms with E-state index in [0.717, 1.165) is 19.3 Å². The van der Waals surface area contributed by atoms with E-state index in [1.54, 1.807) is 0 Å². The molecular formula is C14H17ClN2O3S. The number of nitrogens with zero attached hydrogens (tertiary/aromatic N) is 1. The molecule has 1 aliphatic carbocycles. The summed E-state index contributed by atoms with van der Waals surface area (Å²) in [6, 6.07) is 5.72. The van der Waals surface area contributed by atoms with Crippen molar-refractivity contribution in [3.8, 4) is 6.07 Å². The fourth-order valence-corrected chi connectivity index (χ4v) is 4.52. The third-order valence-corrected chi connectivity index (χ3v) is 5.77. The first-order valence-corrected chi connectivity index (χ1v) is 8.67. The molecule has 0 spiro atoms. The molecule has 0 heterocycles. The minimum Gasteiger partial charge on any atom is -0.396 e. The summed E-state index contributed by atoms with van der Waals surface area (Å²) in [4.78, 5) is -0.0366. The van der Waals surface area contributed by atoms with Crippen LogP contribution in [0.5, 0.6) is 0 Å². The van der Waals surface area contributed by atoms with Crippen molar-refractivity contribution in [2.24, 2.45) is 5.92 Å². The van der Waals surface area contributed by atoms with Crippen LogP contribution in [0.4, 0.5) is 0 Å². The Kier molecular flexibility index (Phi) is 5.22. The van der Waals surface area contributed by atoms with Gasteiger partial charge in [0.2, 0.25) is 10.0 Å². The Balaban J connectivity index is 2.24. The molecule has 0 saturated heterocycles. The van der Waals surface area contributed by atoms with E-state index in [-0.39, 0.29) is 28.5 Å². The number of aliphatic hydroxyl groups is 1. The van der Waals surface area contributed by atoms with Gasteiger partial charge in [0.05, 0.1) is 16.7 Å². The van der Waals surface area contributed by atoms with E-state index >= 15 is 0 Å². The van der Waals surface area contributed by atoms with Gasteiger partial charge in [0.15, 0.2) is 0 Å². The van der Waals surface area contributed by atoms with Crippen LogP contribution in [0.2, 0.25) is 5.02 Å². The molecule has 1 aromatic carbocycles. The highest BCUT2D eigenvalue weighted by Gasteiger charge is 2.29. The minimum absolute atomic E-state index is 0.0258. The zero-order valence-electron chi connectivity index (χ0n) is 11.4. The summed E-state index contributed by atoms with van der Waals surface area (Å²) in [6.45, 7) is -0.0334. The number of nitriles is 1. The molecular weight excluding hydrogens is 312 g/mol. The van der Waals surface area contributed by atoms with Gasteiger partial charge in [0.1, 0.15) is 4.90 Å². The summed E-state index contributed by atoms with van der Waals surface area (Å²) in [7, 11) is -3.76. The largest absolute Gasteiger partial charge is 0.396 e. The fourth-order valence-electron chi connectivity index (χ4n) is 2.63. The van der Waals surface area contributed by atoms with Crippen LogP contribution in [0.1, 0.15) is 31.2 Å². The van der Waals surface area contributed by atoms with Gasteiger partial charge in [-0.1, -0.05) is 24.4 Å². The SMILES string of the molecule is N#Cc1ccc(S(=O)(=O)NC2CCCCC2CO)c(Cl)c1. The Morgan fingerprint density at radius 3 is 2.71 bits per heavy atom. The second kappa shape index (κ2) is 6.75. The lowest BCUT2D eigenvalue weighted by molar-refractivity contribution is 0.164. The molecule has 1 saturated carbocycles. The van der Waals surface area contributed by atoms with Gasteiger partial charge in [-0.2, -0.15) is 5.26 Å². The van der Waals surface area contributed by atoms with E-state index in [0.29, 0.717) is 12.0 Å². The van der Waals surface area contributed by atoms with Crippen LogP contribution in [-0.2, 0) is 10.0 Å². The molecule has 2 unspecified atom stereocenters. The predicted molar refractivity (Wildman–Crippen MR) is 79.3 cm³/mol. The number of sulfonamides is 1. The lowest BCUT2D eigenvalue weighted by Crippen LogP contribution is -2.43. The number of aliphatic hydroxyl groups excluding tert-OH is 1. The van der Waals surface area contributed by atoms with Crippen LogP contribution >= 0.6 is 11.6 Å². The van der Waals surface area contributed by atoms with Crippen molar-refractivity contribution in [3.05, 3.63) is 28.8 Å². The van der Waals surface area contributed by atoms with E-state index in [2.05, 4.69) is 4.72 Å². The first-order valence-electron chi connectivity index (χ1n) is 6.81. The molecule has 2 rings (SSSR count). The summed E-state index contributed by atoms with van der Waals surface area (Å²) in [6.07, 6.45) is 3.45. The molecule has 0 aromatic heterocycles. The number of hydrogen-bond donors (Lipinski definition) is 2. The van der Waals surface area contributed by atoms with Crippen LogP contribution < -0.4 is 4.72 Å². The van der Waals surface area contributed by atoms with Gasteiger partial charge in [0, 0.05) is 12.6 Å². The van der Waals surface area contributed by atoms with E-state index in [4.69, 9.17) is 16.9 Å². The highest BCUT2D eigenvalue weighted by Crippen LogP contribution is 2.27. The summed E-state index contributed by atoms with van der Waals surface area (Å²) in [5, 5.41) is 18.2. The summed E-state index contributed by atoms with van der Waals surface area (Å²) in [5.41, 5.74) is 0.310. The lowest BCUT2D eigenvalue weighted by atomic mass is 9.86. The molecule has 114 valence electrons. The Hall–Kier alpha value is -1.13. The maximum atomic E-state index is 12.4. The molecule has 0 amide bonds. The Morgan fingerprint density at radius 1 is 1.38 bits per heavy atom. The average Bonchev–Trinajstić information content (AvgIpc) is 2.47. The van der Waals surface area contributed by atoms with E-state index < -0.39 is 10.0 Å². The third kappa shape index (κ3) is 3.74. The van der Waals surface area contributed by atoms with Crippen molar-refractivity contribution in [2.45, 2.75) is 36.6 Å². The standard InChI is InChI=1S/C14H17ClN2O3S/c15-12-7-10(8-16)5-6-14(12)21(19,20)17-13-4-2-1-3-11(13)9-18/h5-7,11,13,17-18H,1-4,9H2. The monoisotopic (exact) mass is 328 g/mol. The van der Waals surface area contributed by atoms with Crippen molar-refractivity contribution in [2.75, 3.05) is 6.61 Å². The van der Waals surface area contributed by atoms with Crippen LogP contribution in [0, 0.1) is 17.2 Å². The van der Waals surface area contributed by atoms with Crippen LogP contribution in [0.3, 0.4) is 0 Å². The molecule has 1 aliphatic rings. The maximum Gasteiger partial charge on any atom is 0.242 e. The van der Waals surface area contributed by atoms with Gasteiger partial charge < -0.3 is 5.11 Å². The summed E-state index contributed by atoms with van der Waals surface area (Å²) in [5.74, 6) is -0.0642. The van der Waals surface area contributed by atoms with Gasteiger partial charge in [0.25, 0.3) is 0 Å². The van der Waals surface area contributed by atoms with E-state index in [1.165, 1.54) is 18.2 Å².